The first kappa shape index (κ1) is 31.2. The van der Waals surface area contributed by atoms with E-state index in [1.807, 2.05) is 6.26 Å². The first-order valence-electron chi connectivity index (χ1n) is 11.3. The van der Waals surface area contributed by atoms with Gasteiger partial charge in [0.05, 0.1) is 0 Å². The first-order chi connectivity index (χ1) is 13.6. The van der Waals surface area contributed by atoms with Crippen LogP contribution in [0.5, 0.6) is 0 Å². The molecule has 0 aromatic carbocycles. The van der Waals surface area contributed by atoms with E-state index < -0.39 is 12.0 Å². The van der Waals surface area contributed by atoms with Crippen LogP contribution >= 0.6 is 11.8 Å². The molecule has 1 amide bonds. The second-order valence-electron chi connectivity index (χ2n) is 7.57. The average Bonchev–Trinajstić information content (AvgIpc) is 2.67. The molecule has 4 nitrogen and oxygen atoms in total. The molecule has 29 heavy (non-hydrogen) atoms. The van der Waals surface area contributed by atoms with Gasteiger partial charge in [0.25, 0.3) is 0 Å². The summed E-state index contributed by atoms with van der Waals surface area (Å²) in [6.07, 6.45) is 23.5. The number of aliphatic carboxylic acids is 1. The number of carboxylic acid groups (broad SMARTS) is 1. The van der Waals surface area contributed by atoms with Crippen molar-refractivity contribution in [2.75, 3.05) is 12.0 Å². The van der Waals surface area contributed by atoms with E-state index in [2.05, 4.69) is 24.4 Å². The third-order valence-electron chi connectivity index (χ3n) is 4.91. The monoisotopic (exact) mass is 437 g/mol. The quantitative estimate of drug-likeness (QED) is 0.174. The number of hydrogen-bond donors (Lipinski definition) is 2. The number of nitrogens with one attached hydrogen (secondary N) is 1. The fourth-order valence-electron chi connectivity index (χ4n) is 3.12. The van der Waals surface area contributed by atoms with Gasteiger partial charge in [-0.3, -0.25) is 4.79 Å². The largest absolute Gasteiger partial charge is 1.00 e. The van der Waals surface area contributed by atoms with Crippen molar-refractivity contribution in [3.05, 3.63) is 12.2 Å². The molecule has 6 heteroatoms. The summed E-state index contributed by atoms with van der Waals surface area (Å²) < 4.78 is 0. The molecule has 2 N–H and O–H groups in total. The van der Waals surface area contributed by atoms with Crippen LogP contribution in [0.25, 0.3) is 0 Å². The SMILES string of the molecule is CCCCCCCC/C=C\CCCCCCCC(=O)N[C@@H](CCSC)C(=O)O.[H-].[Na+]. The van der Waals surface area contributed by atoms with Crippen molar-refractivity contribution in [1.29, 1.82) is 0 Å². The van der Waals surface area contributed by atoms with Gasteiger partial charge in [-0.25, -0.2) is 4.79 Å². The minimum Gasteiger partial charge on any atom is -1.00 e. The van der Waals surface area contributed by atoms with E-state index in [0.717, 1.165) is 31.4 Å². The number of carbonyl (C=O) groups excluding carboxylic acids is 1. The second-order valence-corrected chi connectivity index (χ2v) is 8.56. The molecular weight excluding hydrogens is 393 g/mol. The minimum absolute atomic E-state index is 0. The van der Waals surface area contributed by atoms with Crippen LogP contribution in [0.15, 0.2) is 12.2 Å². The van der Waals surface area contributed by atoms with E-state index in [1.54, 1.807) is 11.8 Å². The predicted octanol–water partition coefficient (Wildman–Crippen LogP) is 3.46. The van der Waals surface area contributed by atoms with Crippen LogP contribution in [0.1, 0.15) is 105 Å². The maximum atomic E-state index is 11.9. The van der Waals surface area contributed by atoms with Crippen LogP contribution in [0.4, 0.5) is 0 Å². The van der Waals surface area contributed by atoms with Crippen molar-refractivity contribution in [3.8, 4) is 0 Å². The minimum atomic E-state index is -0.938. The van der Waals surface area contributed by atoms with Crippen LogP contribution in [0.3, 0.4) is 0 Å². The molecule has 0 fully saturated rings. The fourth-order valence-corrected chi connectivity index (χ4v) is 3.59. The van der Waals surface area contributed by atoms with Crippen molar-refractivity contribution in [1.82, 2.24) is 5.32 Å². The Balaban J connectivity index is -0.00000364. The molecule has 0 heterocycles. The number of unbranched alkanes of at least 4 members (excludes halogenated alkanes) is 11. The van der Waals surface area contributed by atoms with Gasteiger partial charge in [0.2, 0.25) is 5.91 Å². The summed E-state index contributed by atoms with van der Waals surface area (Å²) in [7, 11) is 0. The third-order valence-corrected chi connectivity index (χ3v) is 5.55. The summed E-state index contributed by atoms with van der Waals surface area (Å²) in [4.78, 5) is 23.0. The Morgan fingerprint density at radius 1 is 0.931 bits per heavy atom. The summed E-state index contributed by atoms with van der Waals surface area (Å²) in [5.74, 6) is -0.330. The smallest absolute Gasteiger partial charge is 1.00 e. The number of carbonyl (C=O) groups is 2. The predicted molar refractivity (Wildman–Crippen MR) is 123 cm³/mol. The first-order valence-corrected chi connectivity index (χ1v) is 12.7. The van der Waals surface area contributed by atoms with Crippen molar-refractivity contribution in [2.24, 2.45) is 0 Å². The summed E-state index contributed by atoms with van der Waals surface area (Å²) in [5, 5.41) is 11.8. The van der Waals surface area contributed by atoms with Gasteiger partial charge >= 0.3 is 35.5 Å². The van der Waals surface area contributed by atoms with Crippen LogP contribution in [0.2, 0.25) is 0 Å². The molecule has 0 aliphatic carbocycles. The fraction of sp³-hybridized carbons (Fsp3) is 0.826. The summed E-state index contributed by atoms with van der Waals surface area (Å²) in [6.45, 7) is 2.25. The van der Waals surface area contributed by atoms with Gasteiger partial charge in [-0.1, -0.05) is 70.4 Å². The van der Waals surface area contributed by atoms with Crippen LogP contribution in [-0.2, 0) is 9.59 Å². The Hall–Kier alpha value is 0.0300. The summed E-state index contributed by atoms with van der Waals surface area (Å²) in [5.41, 5.74) is 0. The van der Waals surface area contributed by atoms with Crippen molar-refractivity contribution < 1.29 is 45.7 Å². The van der Waals surface area contributed by atoms with E-state index in [9.17, 15) is 9.59 Å². The van der Waals surface area contributed by atoms with Gasteiger partial charge in [0.15, 0.2) is 0 Å². The number of amides is 1. The third kappa shape index (κ3) is 22.5. The molecule has 0 radical (unpaired) electrons. The molecule has 0 aromatic heterocycles. The van der Waals surface area contributed by atoms with E-state index >= 15 is 0 Å². The van der Waals surface area contributed by atoms with Crippen molar-refractivity contribution >= 4 is 23.6 Å². The van der Waals surface area contributed by atoms with Gasteiger partial charge in [-0.2, -0.15) is 11.8 Å². The number of carboxylic acids is 1. The average molecular weight is 438 g/mol. The van der Waals surface area contributed by atoms with Gasteiger partial charge in [-0.15, -0.1) is 0 Å². The molecule has 0 aliphatic rings. The van der Waals surface area contributed by atoms with Gasteiger partial charge in [0, 0.05) is 6.42 Å². The van der Waals surface area contributed by atoms with Gasteiger partial charge in [0.1, 0.15) is 6.04 Å². The number of hydrogen-bond acceptors (Lipinski definition) is 3. The van der Waals surface area contributed by atoms with Gasteiger partial charge < -0.3 is 11.8 Å². The summed E-state index contributed by atoms with van der Waals surface area (Å²) in [6, 6.07) is -0.747. The zero-order valence-electron chi connectivity index (χ0n) is 20.2. The Bertz CT molecular complexity index is 425. The molecule has 0 saturated carbocycles. The second kappa shape index (κ2) is 24.3. The Labute approximate surface area is 207 Å². The van der Waals surface area contributed by atoms with E-state index in [-0.39, 0.29) is 36.9 Å². The zero-order chi connectivity index (χ0) is 20.9. The number of rotatable bonds is 20. The molecular formula is C23H44NNaO3S. The maximum absolute atomic E-state index is 11.9. The number of thioether (sulfide) groups is 1. The molecule has 0 unspecified atom stereocenters. The topological polar surface area (TPSA) is 66.4 Å². The Morgan fingerprint density at radius 2 is 1.45 bits per heavy atom. The Kier molecular flexibility index (Phi) is 26.2. The Morgan fingerprint density at radius 3 is 1.97 bits per heavy atom. The molecule has 0 spiro atoms. The van der Waals surface area contributed by atoms with Gasteiger partial charge in [-0.05, 0) is 50.5 Å². The van der Waals surface area contributed by atoms with Crippen molar-refractivity contribution in [2.45, 2.75) is 109 Å². The van der Waals surface area contributed by atoms with E-state index in [1.165, 1.54) is 57.8 Å². The number of allylic oxidation sites excluding steroid dienone is 2. The molecule has 0 rings (SSSR count). The van der Waals surface area contributed by atoms with Crippen LogP contribution in [-0.4, -0.2) is 35.0 Å². The van der Waals surface area contributed by atoms with E-state index in [0.29, 0.717) is 12.8 Å². The summed E-state index contributed by atoms with van der Waals surface area (Å²) >= 11 is 1.59. The molecule has 0 bridgehead atoms. The molecule has 166 valence electrons. The molecule has 0 aromatic rings. The normalized spacial score (nSPS) is 11.9. The standard InChI is InChI=1S/C23H43NO3S.Na.H/c1-3-4-5-6-7-8-9-10-11-12-13-14-15-16-17-18-22(25)24-21(23(26)27)19-20-28-2;;/h10-11,21H,3-9,12-20H2,1-2H3,(H,24,25)(H,26,27);;/q;+1;-1/b11-10-;;/t21-;;/m0../s1. The van der Waals surface area contributed by atoms with Crippen LogP contribution in [0, 0.1) is 0 Å². The molecule has 0 aliphatic heterocycles. The maximum Gasteiger partial charge on any atom is 1.00 e. The molecule has 0 saturated heterocycles. The van der Waals surface area contributed by atoms with Crippen molar-refractivity contribution in [3.63, 3.8) is 0 Å². The van der Waals surface area contributed by atoms with Crippen LogP contribution < -0.4 is 34.9 Å². The molecule has 1 atom stereocenters. The zero-order valence-corrected chi connectivity index (χ0v) is 22.0. The van der Waals surface area contributed by atoms with E-state index in [4.69, 9.17) is 5.11 Å².